The summed E-state index contributed by atoms with van der Waals surface area (Å²) in [6, 6.07) is 15.2. The molecule has 0 spiro atoms. The van der Waals surface area contributed by atoms with Crippen LogP contribution in [0.25, 0.3) is 0 Å². The first-order valence-electron chi connectivity index (χ1n) is 9.72. The number of likely N-dealkylation sites (tertiary alicyclic amines) is 1. The molecule has 0 aromatic heterocycles. The van der Waals surface area contributed by atoms with Gasteiger partial charge in [0.25, 0.3) is 0 Å². The van der Waals surface area contributed by atoms with Crippen molar-refractivity contribution in [1.82, 2.24) is 4.90 Å². The number of carbonyl (C=O) groups is 2. The highest BCUT2D eigenvalue weighted by Gasteiger charge is 2.41. The highest BCUT2D eigenvalue weighted by atomic mass is 16.5. The number of hydrogen-bond acceptors (Lipinski definition) is 4. The van der Waals surface area contributed by atoms with Crippen LogP contribution < -0.4 is 9.47 Å². The average molecular weight is 397 g/mol. The second-order valence-corrected chi connectivity index (χ2v) is 7.50. The Kier molecular flexibility index (Phi) is 6.42. The summed E-state index contributed by atoms with van der Waals surface area (Å²) in [5.41, 5.74) is 1.93. The number of rotatable bonds is 7. The Balaban J connectivity index is 1.72. The Labute approximate surface area is 171 Å². The minimum atomic E-state index is -0.860. The van der Waals surface area contributed by atoms with Crippen molar-refractivity contribution in [3.8, 4) is 11.5 Å². The molecular weight excluding hydrogens is 370 g/mol. The van der Waals surface area contributed by atoms with E-state index in [-0.39, 0.29) is 24.3 Å². The van der Waals surface area contributed by atoms with E-state index < -0.39 is 11.9 Å². The molecule has 0 aliphatic carbocycles. The molecule has 6 nitrogen and oxygen atoms in total. The minimum Gasteiger partial charge on any atom is -0.493 e. The van der Waals surface area contributed by atoms with Gasteiger partial charge in [0.1, 0.15) is 0 Å². The van der Waals surface area contributed by atoms with Crippen LogP contribution in [0.1, 0.15) is 24.0 Å². The fraction of sp³-hybridized carbons (Fsp3) is 0.391. The van der Waals surface area contributed by atoms with E-state index in [4.69, 9.17) is 9.47 Å². The molecule has 6 heteroatoms. The number of benzene rings is 2. The van der Waals surface area contributed by atoms with Crippen molar-refractivity contribution in [2.75, 3.05) is 27.3 Å². The predicted octanol–water partition coefficient (Wildman–Crippen LogP) is 3.21. The third kappa shape index (κ3) is 4.53. The SMILES string of the molecule is COc1ccc(CC(C)C(=O)N2C[C@H](C(=O)O)[C@H](c3ccccc3)C2)cc1OC. The van der Waals surface area contributed by atoms with Crippen molar-refractivity contribution in [2.45, 2.75) is 19.3 Å². The molecule has 1 unspecified atom stereocenters. The van der Waals surface area contributed by atoms with Crippen LogP contribution in [0.4, 0.5) is 0 Å². The summed E-state index contributed by atoms with van der Waals surface area (Å²) in [6.07, 6.45) is 0.545. The first-order valence-corrected chi connectivity index (χ1v) is 9.72. The molecule has 0 radical (unpaired) electrons. The molecule has 1 heterocycles. The first-order chi connectivity index (χ1) is 13.9. The topological polar surface area (TPSA) is 76.1 Å². The smallest absolute Gasteiger partial charge is 0.308 e. The number of aliphatic carboxylic acids is 1. The number of methoxy groups -OCH3 is 2. The number of carboxylic acids is 1. The normalized spacial score (nSPS) is 19.6. The number of carboxylic acid groups (broad SMARTS) is 1. The molecule has 29 heavy (non-hydrogen) atoms. The molecule has 0 saturated carbocycles. The van der Waals surface area contributed by atoms with Crippen LogP contribution in [0.3, 0.4) is 0 Å². The van der Waals surface area contributed by atoms with Crippen LogP contribution in [0, 0.1) is 11.8 Å². The minimum absolute atomic E-state index is 0.0236. The second kappa shape index (κ2) is 8.99. The largest absolute Gasteiger partial charge is 0.493 e. The zero-order chi connectivity index (χ0) is 21.0. The van der Waals surface area contributed by atoms with Gasteiger partial charge in [0.2, 0.25) is 5.91 Å². The van der Waals surface area contributed by atoms with E-state index in [1.807, 2.05) is 55.5 Å². The Morgan fingerprint density at radius 2 is 1.76 bits per heavy atom. The molecular formula is C23H27NO5. The maximum atomic E-state index is 13.0. The van der Waals surface area contributed by atoms with E-state index in [0.29, 0.717) is 24.5 Å². The Hall–Kier alpha value is -3.02. The Morgan fingerprint density at radius 3 is 2.38 bits per heavy atom. The summed E-state index contributed by atoms with van der Waals surface area (Å²) < 4.78 is 10.6. The highest BCUT2D eigenvalue weighted by molar-refractivity contribution is 5.81. The molecule has 1 aliphatic rings. The second-order valence-electron chi connectivity index (χ2n) is 7.50. The third-order valence-corrected chi connectivity index (χ3v) is 5.59. The maximum absolute atomic E-state index is 13.0. The third-order valence-electron chi connectivity index (χ3n) is 5.59. The van der Waals surface area contributed by atoms with Gasteiger partial charge in [-0.25, -0.2) is 0 Å². The fourth-order valence-electron chi connectivity index (χ4n) is 4.03. The van der Waals surface area contributed by atoms with E-state index in [2.05, 4.69) is 0 Å². The summed E-state index contributed by atoms with van der Waals surface area (Å²) >= 11 is 0. The molecule has 154 valence electrons. The van der Waals surface area contributed by atoms with E-state index >= 15 is 0 Å². The van der Waals surface area contributed by atoms with Crippen LogP contribution in [-0.4, -0.2) is 49.2 Å². The molecule has 1 aliphatic heterocycles. The molecule has 1 saturated heterocycles. The van der Waals surface area contributed by atoms with Gasteiger partial charge in [0.15, 0.2) is 11.5 Å². The number of nitrogens with zero attached hydrogens (tertiary/aromatic N) is 1. The van der Waals surface area contributed by atoms with Gasteiger partial charge >= 0.3 is 5.97 Å². The molecule has 1 fully saturated rings. The van der Waals surface area contributed by atoms with Crippen molar-refractivity contribution in [2.24, 2.45) is 11.8 Å². The van der Waals surface area contributed by atoms with E-state index in [0.717, 1.165) is 11.1 Å². The molecule has 0 bridgehead atoms. The zero-order valence-corrected chi connectivity index (χ0v) is 17.0. The van der Waals surface area contributed by atoms with Gasteiger partial charge in [-0.1, -0.05) is 43.3 Å². The van der Waals surface area contributed by atoms with Gasteiger partial charge in [0.05, 0.1) is 20.1 Å². The van der Waals surface area contributed by atoms with Crippen LogP contribution in [0.5, 0.6) is 11.5 Å². The van der Waals surface area contributed by atoms with Crippen molar-refractivity contribution in [3.05, 3.63) is 59.7 Å². The van der Waals surface area contributed by atoms with Crippen LogP contribution in [-0.2, 0) is 16.0 Å². The lowest BCUT2D eigenvalue weighted by atomic mass is 9.89. The maximum Gasteiger partial charge on any atom is 0.308 e. The van der Waals surface area contributed by atoms with Gasteiger partial charge in [-0.05, 0) is 29.7 Å². The molecule has 1 amide bonds. The van der Waals surface area contributed by atoms with Crippen LogP contribution in [0.15, 0.2) is 48.5 Å². The molecule has 2 aromatic rings. The molecule has 3 atom stereocenters. The Morgan fingerprint density at radius 1 is 1.07 bits per heavy atom. The fourth-order valence-corrected chi connectivity index (χ4v) is 4.03. The lowest BCUT2D eigenvalue weighted by Gasteiger charge is -2.21. The molecule has 1 N–H and O–H groups in total. The quantitative estimate of drug-likeness (QED) is 0.776. The van der Waals surface area contributed by atoms with Gasteiger partial charge in [-0.3, -0.25) is 9.59 Å². The lowest BCUT2D eigenvalue weighted by Crippen LogP contribution is -2.35. The summed E-state index contributed by atoms with van der Waals surface area (Å²) in [5, 5.41) is 9.66. The van der Waals surface area contributed by atoms with Crippen LogP contribution in [0.2, 0.25) is 0 Å². The summed E-state index contributed by atoms with van der Waals surface area (Å²) in [4.78, 5) is 26.5. The van der Waals surface area contributed by atoms with Crippen molar-refractivity contribution >= 4 is 11.9 Å². The van der Waals surface area contributed by atoms with E-state index in [9.17, 15) is 14.7 Å². The number of amides is 1. The van der Waals surface area contributed by atoms with Gasteiger partial charge in [-0.15, -0.1) is 0 Å². The van der Waals surface area contributed by atoms with Crippen molar-refractivity contribution in [1.29, 1.82) is 0 Å². The summed E-state index contributed by atoms with van der Waals surface area (Å²) in [5.74, 6) is -0.658. The van der Waals surface area contributed by atoms with Crippen LogP contribution >= 0.6 is 0 Å². The van der Waals surface area contributed by atoms with Gasteiger partial charge in [-0.2, -0.15) is 0 Å². The summed E-state index contributed by atoms with van der Waals surface area (Å²) in [7, 11) is 3.16. The number of ether oxygens (including phenoxy) is 2. The number of carbonyl (C=O) groups excluding carboxylic acids is 1. The molecule has 2 aromatic carbocycles. The van der Waals surface area contributed by atoms with E-state index in [1.165, 1.54) is 0 Å². The van der Waals surface area contributed by atoms with Gasteiger partial charge in [0, 0.05) is 24.9 Å². The predicted molar refractivity (Wildman–Crippen MR) is 109 cm³/mol. The summed E-state index contributed by atoms with van der Waals surface area (Å²) in [6.45, 7) is 2.55. The monoisotopic (exact) mass is 397 g/mol. The zero-order valence-electron chi connectivity index (χ0n) is 17.0. The van der Waals surface area contributed by atoms with E-state index in [1.54, 1.807) is 19.1 Å². The first kappa shape index (κ1) is 20.7. The Bertz CT molecular complexity index is 867. The lowest BCUT2D eigenvalue weighted by molar-refractivity contribution is -0.142. The van der Waals surface area contributed by atoms with Gasteiger partial charge < -0.3 is 19.5 Å². The standard InChI is InChI=1S/C23H27NO5/c1-15(11-16-9-10-20(28-2)21(12-16)29-3)22(25)24-13-18(19(14-24)23(26)27)17-7-5-4-6-8-17/h4-10,12,15,18-19H,11,13-14H2,1-3H3,(H,26,27)/t15?,18-,19-/m0/s1. The number of hydrogen-bond donors (Lipinski definition) is 1. The average Bonchev–Trinajstić information content (AvgIpc) is 3.19. The molecule has 3 rings (SSSR count). The highest BCUT2D eigenvalue weighted by Crippen LogP contribution is 2.34. The van der Waals surface area contributed by atoms with Crippen molar-refractivity contribution in [3.63, 3.8) is 0 Å². The van der Waals surface area contributed by atoms with Crippen molar-refractivity contribution < 1.29 is 24.2 Å².